The molecule has 0 atom stereocenters. The van der Waals surface area contributed by atoms with Crippen LogP contribution in [0.5, 0.6) is 0 Å². The van der Waals surface area contributed by atoms with E-state index in [1.54, 1.807) is 0 Å². The van der Waals surface area contributed by atoms with Crippen LogP contribution in [0.25, 0.3) is 22.0 Å². The first-order valence-electron chi connectivity index (χ1n) is 7.52. The van der Waals surface area contributed by atoms with Gasteiger partial charge in [-0.05, 0) is 55.0 Å². The first kappa shape index (κ1) is 13.8. The van der Waals surface area contributed by atoms with Crippen molar-refractivity contribution in [1.82, 2.24) is 4.98 Å². The Bertz CT molecular complexity index is 780. The summed E-state index contributed by atoms with van der Waals surface area (Å²) in [6, 6.07) is 15.4. The van der Waals surface area contributed by atoms with E-state index >= 15 is 0 Å². The molecule has 106 valence electrons. The SMILES string of the molecule is Cc1cc(C)cc(-c2nccc3ccc(C(C)C)cc23)c1. The highest BCUT2D eigenvalue weighted by Gasteiger charge is 2.08. The quantitative estimate of drug-likeness (QED) is 0.589. The molecule has 1 heterocycles. The molecular formula is C20H21N. The maximum Gasteiger partial charge on any atom is 0.0780 e. The van der Waals surface area contributed by atoms with Crippen LogP contribution in [-0.4, -0.2) is 4.98 Å². The molecule has 0 saturated carbocycles. The zero-order valence-electron chi connectivity index (χ0n) is 13.1. The fourth-order valence-corrected chi connectivity index (χ4v) is 2.89. The van der Waals surface area contributed by atoms with Crippen molar-refractivity contribution in [3.05, 3.63) is 65.4 Å². The molecule has 21 heavy (non-hydrogen) atoms. The third kappa shape index (κ3) is 2.69. The summed E-state index contributed by atoms with van der Waals surface area (Å²) in [4.78, 5) is 4.66. The molecule has 0 bridgehead atoms. The van der Waals surface area contributed by atoms with Gasteiger partial charge in [0.15, 0.2) is 0 Å². The summed E-state index contributed by atoms with van der Waals surface area (Å²) in [5.74, 6) is 0.529. The van der Waals surface area contributed by atoms with Crippen LogP contribution in [0.4, 0.5) is 0 Å². The molecule has 0 radical (unpaired) electrons. The molecular weight excluding hydrogens is 254 g/mol. The Kier molecular flexibility index (Phi) is 3.50. The van der Waals surface area contributed by atoms with Gasteiger partial charge in [-0.3, -0.25) is 4.98 Å². The third-order valence-electron chi connectivity index (χ3n) is 3.95. The van der Waals surface area contributed by atoms with E-state index in [0.29, 0.717) is 5.92 Å². The smallest absolute Gasteiger partial charge is 0.0780 e. The van der Waals surface area contributed by atoms with Gasteiger partial charge in [0, 0.05) is 17.1 Å². The highest BCUT2D eigenvalue weighted by atomic mass is 14.7. The van der Waals surface area contributed by atoms with Gasteiger partial charge in [0.1, 0.15) is 0 Å². The molecule has 3 rings (SSSR count). The molecule has 0 saturated heterocycles. The van der Waals surface area contributed by atoms with Gasteiger partial charge in [0.05, 0.1) is 5.69 Å². The van der Waals surface area contributed by atoms with Crippen LogP contribution in [0, 0.1) is 13.8 Å². The third-order valence-corrected chi connectivity index (χ3v) is 3.95. The maximum absolute atomic E-state index is 4.66. The summed E-state index contributed by atoms with van der Waals surface area (Å²) < 4.78 is 0. The monoisotopic (exact) mass is 275 g/mol. The normalized spacial score (nSPS) is 11.3. The first-order valence-corrected chi connectivity index (χ1v) is 7.52. The maximum atomic E-state index is 4.66. The van der Waals surface area contributed by atoms with E-state index in [1.807, 2.05) is 6.20 Å². The molecule has 1 aromatic heterocycles. The van der Waals surface area contributed by atoms with E-state index in [0.717, 1.165) is 5.69 Å². The summed E-state index contributed by atoms with van der Waals surface area (Å²) in [7, 11) is 0. The Balaban J connectivity index is 2.28. The van der Waals surface area contributed by atoms with Crippen LogP contribution >= 0.6 is 0 Å². The minimum absolute atomic E-state index is 0.529. The molecule has 0 unspecified atom stereocenters. The van der Waals surface area contributed by atoms with E-state index < -0.39 is 0 Å². The van der Waals surface area contributed by atoms with Gasteiger partial charge in [-0.15, -0.1) is 0 Å². The van der Waals surface area contributed by atoms with Gasteiger partial charge in [-0.25, -0.2) is 0 Å². The van der Waals surface area contributed by atoms with E-state index in [4.69, 9.17) is 0 Å². The van der Waals surface area contributed by atoms with Crippen molar-refractivity contribution in [1.29, 1.82) is 0 Å². The Labute approximate surface area is 126 Å². The number of rotatable bonds is 2. The summed E-state index contributed by atoms with van der Waals surface area (Å²) >= 11 is 0. The van der Waals surface area contributed by atoms with Crippen molar-refractivity contribution in [2.45, 2.75) is 33.6 Å². The Hall–Kier alpha value is -2.15. The van der Waals surface area contributed by atoms with Gasteiger partial charge < -0.3 is 0 Å². The van der Waals surface area contributed by atoms with Crippen molar-refractivity contribution in [3.8, 4) is 11.3 Å². The number of benzene rings is 2. The number of aryl methyl sites for hydroxylation is 2. The summed E-state index contributed by atoms with van der Waals surface area (Å²) in [6.07, 6.45) is 1.91. The number of hydrogen-bond donors (Lipinski definition) is 0. The fraction of sp³-hybridized carbons (Fsp3) is 0.250. The van der Waals surface area contributed by atoms with Crippen LogP contribution < -0.4 is 0 Å². The molecule has 3 aromatic rings. The minimum Gasteiger partial charge on any atom is -0.256 e. The lowest BCUT2D eigenvalue weighted by atomic mass is 9.96. The molecule has 0 fully saturated rings. The lowest BCUT2D eigenvalue weighted by Gasteiger charge is -2.11. The molecule has 0 spiro atoms. The van der Waals surface area contributed by atoms with Gasteiger partial charge in [0.25, 0.3) is 0 Å². The number of nitrogens with zero attached hydrogens (tertiary/aromatic N) is 1. The predicted molar refractivity (Wildman–Crippen MR) is 90.7 cm³/mol. The lowest BCUT2D eigenvalue weighted by Crippen LogP contribution is -1.91. The zero-order chi connectivity index (χ0) is 15.0. The van der Waals surface area contributed by atoms with Gasteiger partial charge in [-0.1, -0.05) is 43.2 Å². The molecule has 0 aliphatic carbocycles. The molecule has 0 aliphatic rings. The Morgan fingerprint density at radius 2 is 1.57 bits per heavy atom. The fourth-order valence-electron chi connectivity index (χ4n) is 2.89. The van der Waals surface area contributed by atoms with Gasteiger partial charge >= 0.3 is 0 Å². The highest BCUT2D eigenvalue weighted by Crippen LogP contribution is 2.30. The van der Waals surface area contributed by atoms with Crippen molar-refractivity contribution in [2.75, 3.05) is 0 Å². The van der Waals surface area contributed by atoms with Crippen LogP contribution in [-0.2, 0) is 0 Å². The largest absolute Gasteiger partial charge is 0.256 e. The summed E-state index contributed by atoms with van der Waals surface area (Å²) in [5, 5.41) is 2.50. The minimum atomic E-state index is 0.529. The topological polar surface area (TPSA) is 12.9 Å². The summed E-state index contributed by atoms with van der Waals surface area (Å²) in [5.41, 5.74) is 6.22. The molecule has 0 N–H and O–H groups in total. The van der Waals surface area contributed by atoms with E-state index in [1.165, 1.54) is 33.0 Å². The molecule has 0 aliphatic heterocycles. The second-order valence-electron chi connectivity index (χ2n) is 6.17. The molecule has 0 amide bonds. The molecule has 2 aromatic carbocycles. The van der Waals surface area contributed by atoms with Crippen molar-refractivity contribution in [2.24, 2.45) is 0 Å². The zero-order valence-corrected chi connectivity index (χ0v) is 13.1. The first-order chi connectivity index (χ1) is 10.0. The second kappa shape index (κ2) is 5.33. The molecule has 1 heteroatoms. The van der Waals surface area contributed by atoms with Crippen molar-refractivity contribution in [3.63, 3.8) is 0 Å². The second-order valence-corrected chi connectivity index (χ2v) is 6.17. The average molecular weight is 275 g/mol. The Morgan fingerprint density at radius 3 is 2.24 bits per heavy atom. The van der Waals surface area contributed by atoms with E-state index in [9.17, 15) is 0 Å². The van der Waals surface area contributed by atoms with Gasteiger partial charge in [-0.2, -0.15) is 0 Å². The Morgan fingerprint density at radius 1 is 0.857 bits per heavy atom. The van der Waals surface area contributed by atoms with Crippen molar-refractivity contribution >= 4 is 10.8 Å². The van der Waals surface area contributed by atoms with E-state index in [2.05, 4.69) is 75.1 Å². The summed E-state index contributed by atoms with van der Waals surface area (Å²) in [6.45, 7) is 8.74. The number of pyridine rings is 1. The van der Waals surface area contributed by atoms with Crippen molar-refractivity contribution < 1.29 is 0 Å². The standard InChI is InChI=1S/C20H21N/c1-13(2)17-6-5-16-7-8-21-20(19(16)12-17)18-10-14(3)9-15(4)11-18/h5-13H,1-4H3. The number of aromatic nitrogens is 1. The van der Waals surface area contributed by atoms with Crippen LogP contribution in [0.2, 0.25) is 0 Å². The average Bonchev–Trinajstić information content (AvgIpc) is 2.45. The number of hydrogen-bond acceptors (Lipinski definition) is 1. The van der Waals surface area contributed by atoms with E-state index in [-0.39, 0.29) is 0 Å². The molecule has 1 nitrogen and oxygen atoms in total. The van der Waals surface area contributed by atoms with Crippen LogP contribution in [0.1, 0.15) is 36.5 Å². The number of fused-ring (bicyclic) bond motifs is 1. The van der Waals surface area contributed by atoms with Crippen LogP contribution in [0.15, 0.2) is 48.7 Å². The van der Waals surface area contributed by atoms with Crippen LogP contribution in [0.3, 0.4) is 0 Å². The lowest BCUT2D eigenvalue weighted by molar-refractivity contribution is 0.869. The predicted octanol–water partition coefficient (Wildman–Crippen LogP) is 5.64. The van der Waals surface area contributed by atoms with Gasteiger partial charge in [0.2, 0.25) is 0 Å². The highest BCUT2D eigenvalue weighted by molar-refractivity contribution is 5.95.